The Bertz CT molecular complexity index is 721. The van der Waals surface area contributed by atoms with Crippen LogP contribution < -0.4 is 10.6 Å². The second kappa shape index (κ2) is 4.70. The van der Waals surface area contributed by atoms with Gasteiger partial charge in [0.1, 0.15) is 11.5 Å². The number of carbonyl (C=O) groups is 1. The van der Waals surface area contributed by atoms with Gasteiger partial charge in [-0.2, -0.15) is 0 Å². The van der Waals surface area contributed by atoms with Crippen molar-refractivity contribution in [3.8, 4) is 0 Å². The van der Waals surface area contributed by atoms with Gasteiger partial charge in [0.25, 0.3) is 5.91 Å². The van der Waals surface area contributed by atoms with Gasteiger partial charge in [0, 0.05) is 23.5 Å². The van der Waals surface area contributed by atoms with E-state index in [0.29, 0.717) is 29.1 Å². The largest absolute Gasteiger partial charge is 0.455 e. The van der Waals surface area contributed by atoms with Crippen LogP contribution in [0.4, 0.5) is 0 Å². The number of nitrogens with zero attached hydrogens (tertiary/aromatic N) is 1. The second-order valence-corrected chi connectivity index (χ2v) is 5.82. The van der Waals surface area contributed by atoms with E-state index >= 15 is 0 Å². The Labute approximate surface area is 122 Å². The maximum absolute atomic E-state index is 12.3. The van der Waals surface area contributed by atoms with Crippen LogP contribution in [0.15, 0.2) is 29.3 Å². The van der Waals surface area contributed by atoms with Crippen LogP contribution in [0, 0.1) is 0 Å². The van der Waals surface area contributed by atoms with Crippen LogP contribution in [-0.4, -0.2) is 29.0 Å². The lowest BCUT2D eigenvalue weighted by Crippen LogP contribution is -2.43. The Morgan fingerprint density at radius 1 is 1.48 bits per heavy atom. The number of carbonyl (C=O) groups excluding carboxylic acids is 1. The number of pyridine rings is 1. The van der Waals surface area contributed by atoms with Crippen molar-refractivity contribution in [1.29, 1.82) is 0 Å². The molecule has 0 aromatic carbocycles. The summed E-state index contributed by atoms with van der Waals surface area (Å²) < 4.78 is 5.50. The third kappa shape index (κ3) is 2.14. The normalized spacial score (nSPS) is 27.1. The lowest BCUT2D eigenvalue weighted by atomic mass is 9.95. The molecular formula is C16H17N3O2. The van der Waals surface area contributed by atoms with Crippen LogP contribution in [0.3, 0.4) is 0 Å². The number of furan rings is 1. The Balaban J connectivity index is 1.54. The summed E-state index contributed by atoms with van der Waals surface area (Å²) in [5.74, 6) is 0.569. The van der Waals surface area contributed by atoms with Gasteiger partial charge in [0.15, 0.2) is 5.58 Å². The van der Waals surface area contributed by atoms with Gasteiger partial charge in [0.2, 0.25) is 0 Å². The quantitative estimate of drug-likeness (QED) is 0.905. The SMILES string of the molecule is C=Cc1cc2cc(C(=O)N[C@@H]3C[C@H]4CC[C@@H]3N4)ncc2o1. The van der Waals surface area contributed by atoms with E-state index in [1.165, 1.54) is 6.42 Å². The van der Waals surface area contributed by atoms with Gasteiger partial charge in [-0.3, -0.25) is 4.79 Å². The highest BCUT2D eigenvalue weighted by atomic mass is 16.3. The van der Waals surface area contributed by atoms with Crippen LogP contribution in [0.2, 0.25) is 0 Å². The molecule has 1 amide bonds. The minimum absolute atomic E-state index is 0.113. The van der Waals surface area contributed by atoms with Crippen molar-refractivity contribution >= 4 is 23.0 Å². The highest BCUT2D eigenvalue weighted by Crippen LogP contribution is 2.28. The van der Waals surface area contributed by atoms with Crippen molar-refractivity contribution in [2.24, 2.45) is 0 Å². The number of hydrogen-bond acceptors (Lipinski definition) is 4. The molecule has 0 aliphatic carbocycles. The monoisotopic (exact) mass is 283 g/mol. The first-order chi connectivity index (χ1) is 10.2. The number of rotatable bonds is 3. The minimum atomic E-state index is -0.113. The Kier molecular flexibility index (Phi) is 2.82. The molecule has 4 rings (SSSR count). The fraction of sp³-hybridized carbons (Fsp3) is 0.375. The minimum Gasteiger partial charge on any atom is -0.455 e. The number of fused-ring (bicyclic) bond motifs is 3. The topological polar surface area (TPSA) is 67.2 Å². The highest BCUT2D eigenvalue weighted by Gasteiger charge is 2.39. The lowest BCUT2D eigenvalue weighted by molar-refractivity contribution is 0.0926. The molecule has 0 saturated carbocycles. The van der Waals surface area contributed by atoms with Crippen molar-refractivity contribution in [3.63, 3.8) is 0 Å². The molecule has 2 saturated heterocycles. The van der Waals surface area contributed by atoms with Gasteiger partial charge >= 0.3 is 0 Å². The molecule has 5 nitrogen and oxygen atoms in total. The Morgan fingerprint density at radius 2 is 2.38 bits per heavy atom. The fourth-order valence-corrected chi connectivity index (χ4v) is 3.42. The fourth-order valence-electron chi connectivity index (χ4n) is 3.42. The molecule has 5 heteroatoms. The molecule has 2 fully saturated rings. The smallest absolute Gasteiger partial charge is 0.270 e. The summed E-state index contributed by atoms with van der Waals surface area (Å²) in [7, 11) is 0. The van der Waals surface area contributed by atoms with Crippen molar-refractivity contribution < 1.29 is 9.21 Å². The van der Waals surface area contributed by atoms with Gasteiger partial charge in [-0.25, -0.2) is 4.98 Å². The van der Waals surface area contributed by atoms with Crippen LogP contribution in [-0.2, 0) is 0 Å². The Hall–Kier alpha value is -2.14. The predicted molar refractivity (Wildman–Crippen MR) is 79.9 cm³/mol. The van der Waals surface area contributed by atoms with E-state index < -0.39 is 0 Å². The molecule has 0 unspecified atom stereocenters. The van der Waals surface area contributed by atoms with Crippen LogP contribution in [0.1, 0.15) is 35.5 Å². The zero-order valence-corrected chi connectivity index (χ0v) is 11.6. The molecule has 0 radical (unpaired) electrons. The van der Waals surface area contributed by atoms with E-state index in [1.807, 2.05) is 6.07 Å². The molecule has 3 atom stereocenters. The molecule has 2 aliphatic heterocycles. The number of nitrogens with one attached hydrogen (secondary N) is 2. The molecule has 2 aromatic heterocycles. The molecule has 2 N–H and O–H groups in total. The summed E-state index contributed by atoms with van der Waals surface area (Å²) in [5.41, 5.74) is 1.10. The molecule has 0 spiro atoms. The van der Waals surface area contributed by atoms with Crippen LogP contribution in [0.25, 0.3) is 17.0 Å². The molecule has 2 aliphatic rings. The first-order valence-corrected chi connectivity index (χ1v) is 7.32. The van der Waals surface area contributed by atoms with Crippen molar-refractivity contribution in [1.82, 2.24) is 15.6 Å². The van der Waals surface area contributed by atoms with E-state index in [-0.39, 0.29) is 11.9 Å². The van der Waals surface area contributed by atoms with Gasteiger partial charge in [0.05, 0.1) is 6.20 Å². The van der Waals surface area contributed by atoms with Gasteiger partial charge in [-0.15, -0.1) is 0 Å². The summed E-state index contributed by atoms with van der Waals surface area (Å²) in [6.45, 7) is 3.67. The number of amides is 1. The maximum Gasteiger partial charge on any atom is 0.270 e. The predicted octanol–water partition coefficient (Wildman–Crippen LogP) is 2.09. The van der Waals surface area contributed by atoms with Crippen molar-refractivity contribution in [3.05, 3.63) is 36.4 Å². The third-order valence-electron chi connectivity index (χ3n) is 4.47. The van der Waals surface area contributed by atoms with E-state index in [4.69, 9.17) is 4.42 Å². The highest BCUT2D eigenvalue weighted by molar-refractivity contribution is 5.96. The number of hydrogen-bond donors (Lipinski definition) is 2. The van der Waals surface area contributed by atoms with Gasteiger partial charge < -0.3 is 15.1 Å². The lowest BCUT2D eigenvalue weighted by Gasteiger charge is -2.21. The van der Waals surface area contributed by atoms with E-state index in [9.17, 15) is 4.79 Å². The summed E-state index contributed by atoms with van der Waals surface area (Å²) in [6.07, 6.45) is 6.62. The summed E-state index contributed by atoms with van der Waals surface area (Å²) in [6, 6.07) is 4.84. The van der Waals surface area contributed by atoms with E-state index in [2.05, 4.69) is 22.2 Å². The third-order valence-corrected chi connectivity index (χ3v) is 4.47. The molecule has 2 aromatic rings. The van der Waals surface area contributed by atoms with Crippen molar-refractivity contribution in [2.45, 2.75) is 37.4 Å². The average molecular weight is 283 g/mol. The molecule has 2 bridgehead atoms. The standard InChI is InChI=1S/C16H17N3O2/c1-2-11-5-9-6-14(17-8-15(9)21-11)16(20)19-13-7-10-3-4-12(13)18-10/h2,5-6,8,10,12-13,18H,1,3-4,7H2,(H,19,20)/t10-,12+,13-/m1/s1. The van der Waals surface area contributed by atoms with Crippen molar-refractivity contribution in [2.75, 3.05) is 0 Å². The zero-order chi connectivity index (χ0) is 14.4. The van der Waals surface area contributed by atoms with E-state index in [1.54, 1.807) is 18.3 Å². The van der Waals surface area contributed by atoms with Gasteiger partial charge in [-0.1, -0.05) is 6.58 Å². The molecular weight excluding hydrogens is 266 g/mol. The second-order valence-electron chi connectivity index (χ2n) is 5.82. The molecule has 21 heavy (non-hydrogen) atoms. The summed E-state index contributed by atoms with van der Waals surface area (Å²) in [4.78, 5) is 16.5. The van der Waals surface area contributed by atoms with Gasteiger partial charge in [-0.05, 0) is 37.5 Å². The molecule has 4 heterocycles. The number of aromatic nitrogens is 1. The van der Waals surface area contributed by atoms with E-state index in [0.717, 1.165) is 18.2 Å². The zero-order valence-electron chi connectivity index (χ0n) is 11.6. The average Bonchev–Trinajstić information content (AvgIpc) is 3.20. The summed E-state index contributed by atoms with van der Waals surface area (Å²) >= 11 is 0. The molecule has 108 valence electrons. The Morgan fingerprint density at radius 3 is 3.10 bits per heavy atom. The van der Waals surface area contributed by atoms with Crippen LogP contribution >= 0.6 is 0 Å². The first-order valence-electron chi connectivity index (χ1n) is 7.32. The maximum atomic E-state index is 12.3. The first kappa shape index (κ1) is 12.6. The van der Waals surface area contributed by atoms with Crippen LogP contribution in [0.5, 0.6) is 0 Å². The summed E-state index contributed by atoms with van der Waals surface area (Å²) in [5, 5.41) is 7.48.